The van der Waals surface area contributed by atoms with Gasteiger partial charge in [-0.3, -0.25) is 0 Å². The van der Waals surface area contributed by atoms with Crippen molar-refractivity contribution < 1.29 is 9.90 Å². The van der Waals surface area contributed by atoms with Crippen molar-refractivity contribution in [3.05, 3.63) is 11.6 Å². The topological polar surface area (TPSA) is 37.3 Å². The first-order valence-electron chi connectivity index (χ1n) is 9.64. The van der Waals surface area contributed by atoms with Crippen LogP contribution in [0, 0.1) is 0 Å². The first kappa shape index (κ1) is 21.2. The highest BCUT2D eigenvalue weighted by Crippen LogP contribution is 2.13. The predicted octanol–water partition coefficient (Wildman–Crippen LogP) is 6.89. The van der Waals surface area contributed by atoms with Crippen molar-refractivity contribution in [1.82, 2.24) is 0 Å². The monoisotopic (exact) mass is 310 g/mol. The van der Waals surface area contributed by atoms with Crippen molar-refractivity contribution in [3.8, 4) is 0 Å². The molecule has 2 nitrogen and oxygen atoms in total. The number of carboxylic acid groups (broad SMARTS) is 1. The summed E-state index contributed by atoms with van der Waals surface area (Å²) in [4.78, 5) is 10.8. The quantitative estimate of drug-likeness (QED) is 0.249. The Morgan fingerprint density at radius 3 is 1.50 bits per heavy atom. The van der Waals surface area contributed by atoms with E-state index in [0.717, 1.165) is 12.8 Å². The fraction of sp³-hybridized carbons (Fsp3) is 0.850. The maximum absolute atomic E-state index is 10.8. The van der Waals surface area contributed by atoms with Gasteiger partial charge in [-0.05, 0) is 19.3 Å². The van der Waals surface area contributed by atoms with Gasteiger partial charge in [0.2, 0.25) is 0 Å². The molecule has 130 valence electrons. The van der Waals surface area contributed by atoms with E-state index < -0.39 is 5.97 Å². The van der Waals surface area contributed by atoms with Gasteiger partial charge in [-0.15, -0.1) is 0 Å². The number of allylic oxidation sites excluding steroid dienone is 1. The van der Waals surface area contributed by atoms with E-state index in [0.29, 0.717) is 12.0 Å². The second-order valence-electron chi connectivity index (χ2n) is 6.42. The van der Waals surface area contributed by atoms with Crippen molar-refractivity contribution in [2.45, 2.75) is 110 Å². The largest absolute Gasteiger partial charge is 0.478 e. The molecule has 0 saturated heterocycles. The number of carbonyl (C=O) groups is 1. The molecule has 0 atom stereocenters. The Morgan fingerprint density at radius 1 is 0.727 bits per heavy atom. The molecule has 0 aliphatic rings. The van der Waals surface area contributed by atoms with Gasteiger partial charge in [-0.1, -0.05) is 97.0 Å². The third-order valence-electron chi connectivity index (χ3n) is 4.35. The van der Waals surface area contributed by atoms with E-state index in [9.17, 15) is 4.79 Å². The first-order valence-corrected chi connectivity index (χ1v) is 9.64. The second-order valence-corrected chi connectivity index (χ2v) is 6.42. The Labute approximate surface area is 138 Å². The van der Waals surface area contributed by atoms with Gasteiger partial charge in [0.15, 0.2) is 0 Å². The molecule has 0 saturated carbocycles. The maximum atomic E-state index is 10.8. The number of carboxylic acids is 1. The van der Waals surface area contributed by atoms with Crippen LogP contribution in [0.3, 0.4) is 0 Å². The molecule has 0 rings (SSSR count). The zero-order valence-electron chi connectivity index (χ0n) is 15.0. The summed E-state index contributed by atoms with van der Waals surface area (Å²) in [6, 6.07) is 0. The molecule has 0 fully saturated rings. The van der Waals surface area contributed by atoms with Crippen LogP contribution in [0.4, 0.5) is 0 Å². The van der Waals surface area contributed by atoms with Crippen LogP contribution in [0.5, 0.6) is 0 Å². The standard InChI is InChI=1S/C20H38O2/c1-3-5-6-7-8-9-10-11-12-13-14-15-16-17-18-19(4-2)20(21)22/h18H,3-17H2,1-2H3,(H,21,22)/b19-18+. The lowest BCUT2D eigenvalue weighted by Gasteiger charge is -2.03. The lowest BCUT2D eigenvalue weighted by Crippen LogP contribution is -1.98. The van der Waals surface area contributed by atoms with Crippen LogP contribution < -0.4 is 0 Å². The molecule has 0 amide bonds. The molecule has 1 N–H and O–H groups in total. The van der Waals surface area contributed by atoms with Crippen LogP contribution in [-0.4, -0.2) is 11.1 Å². The molecule has 0 aromatic heterocycles. The minimum Gasteiger partial charge on any atom is -0.478 e. The van der Waals surface area contributed by atoms with E-state index in [-0.39, 0.29) is 0 Å². The maximum Gasteiger partial charge on any atom is 0.331 e. The Bertz CT molecular complexity index is 281. The van der Waals surface area contributed by atoms with Gasteiger partial charge in [0.05, 0.1) is 0 Å². The van der Waals surface area contributed by atoms with Crippen molar-refractivity contribution in [3.63, 3.8) is 0 Å². The smallest absolute Gasteiger partial charge is 0.331 e. The van der Waals surface area contributed by atoms with Crippen LogP contribution in [-0.2, 0) is 4.79 Å². The van der Waals surface area contributed by atoms with Crippen LogP contribution in [0.15, 0.2) is 11.6 Å². The van der Waals surface area contributed by atoms with Gasteiger partial charge in [-0.2, -0.15) is 0 Å². The van der Waals surface area contributed by atoms with Crippen molar-refractivity contribution in [2.24, 2.45) is 0 Å². The fourth-order valence-electron chi connectivity index (χ4n) is 2.82. The molecule has 0 aliphatic heterocycles. The zero-order valence-corrected chi connectivity index (χ0v) is 15.0. The molecule has 2 heteroatoms. The number of aliphatic carboxylic acids is 1. The molecule has 0 spiro atoms. The van der Waals surface area contributed by atoms with Gasteiger partial charge in [0, 0.05) is 5.57 Å². The van der Waals surface area contributed by atoms with E-state index >= 15 is 0 Å². The minimum atomic E-state index is -0.753. The van der Waals surface area contributed by atoms with Gasteiger partial charge >= 0.3 is 5.97 Å². The number of unbranched alkanes of at least 4 members (excludes halogenated alkanes) is 13. The minimum absolute atomic E-state index is 0.568. The average Bonchev–Trinajstić information content (AvgIpc) is 2.51. The number of hydrogen-bond donors (Lipinski definition) is 1. The van der Waals surface area contributed by atoms with E-state index in [1.807, 2.05) is 13.0 Å². The highest BCUT2D eigenvalue weighted by atomic mass is 16.4. The molecule has 0 aromatic rings. The molecular formula is C20H38O2. The summed E-state index contributed by atoms with van der Waals surface area (Å²) in [6.07, 6.45) is 21.1. The van der Waals surface area contributed by atoms with Crippen molar-refractivity contribution in [2.75, 3.05) is 0 Å². The Balaban J connectivity index is 3.22. The summed E-state index contributed by atoms with van der Waals surface area (Å²) in [5.74, 6) is -0.753. The summed E-state index contributed by atoms with van der Waals surface area (Å²) in [5.41, 5.74) is 0.568. The molecule has 0 unspecified atom stereocenters. The molecule has 0 aliphatic carbocycles. The Kier molecular flexibility index (Phi) is 16.0. The molecule has 0 heterocycles. The van der Waals surface area contributed by atoms with Gasteiger partial charge in [-0.25, -0.2) is 4.79 Å². The zero-order chi connectivity index (χ0) is 16.5. The van der Waals surface area contributed by atoms with Crippen LogP contribution in [0.25, 0.3) is 0 Å². The second kappa shape index (κ2) is 16.6. The summed E-state index contributed by atoms with van der Waals surface area (Å²) in [5, 5.41) is 8.91. The van der Waals surface area contributed by atoms with E-state index in [2.05, 4.69) is 6.92 Å². The average molecular weight is 311 g/mol. The normalized spacial score (nSPS) is 11.8. The lowest BCUT2D eigenvalue weighted by molar-refractivity contribution is -0.132. The SMILES string of the molecule is CCCCCCCCCCCCCCC/C=C(\CC)C(=O)O. The Hall–Kier alpha value is -0.790. The first-order chi connectivity index (χ1) is 10.7. The van der Waals surface area contributed by atoms with Crippen LogP contribution >= 0.6 is 0 Å². The molecule has 0 radical (unpaired) electrons. The third kappa shape index (κ3) is 14.2. The third-order valence-corrected chi connectivity index (χ3v) is 4.35. The highest BCUT2D eigenvalue weighted by molar-refractivity contribution is 5.86. The van der Waals surface area contributed by atoms with Crippen LogP contribution in [0.2, 0.25) is 0 Å². The molecule has 22 heavy (non-hydrogen) atoms. The van der Waals surface area contributed by atoms with Crippen molar-refractivity contribution in [1.29, 1.82) is 0 Å². The summed E-state index contributed by atoms with van der Waals surface area (Å²) in [7, 11) is 0. The van der Waals surface area contributed by atoms with Crippen molar-refractivity contribution >= 4 is 5.97 Å². The molecule has 0 bridgehead atoms. The predicted molar refractivity (Wildman–Crippen MR) is 96.3 cm³/mol. The number of hydrogen-bond acceptors (Lipinski definition) is 1. The summed E-state index contributed by atoms with van der Waals surface area (Å²) in [6.45, 7) is 4.18. The van der Waals surface area contributed by atoms with E-state index in [1.54, 1.807) is 0 Å². The van der Waals surface area contributed by atoms with E-state index in [4.69, 9.17) is 5.11 Å². The van der Waals surface area contributed by atoms with Gasteiger partial charge in [0.25, 0.3) is 0 Å². The lowest BCUT2D eigenvalue weighted by atomic mass is 10.0. The van der Waals surface area contributed by atoms with E-state index in [1.165, 1.54) is 77.0 Å². The number of rotatable bonds is 16. The molecular weight excluding hydrogens is 272 g/mol. The summed E-state index contributed by atoms with van der Waals surface area (Å²) >= 11 is 0. The fourth-order valence-corrected chi connectivity index (χ4v) is 2.82. The Morgan fingerprint density at radius 2 is 1.14 bits per heavy atom. The molecule has 0 aromatic carbocycles. The van der Waals surface area contributed by atoms with Gasteiger partial charge < -0.3 is 5.11 Å². The highest BCUT2D eigenvalue weighted by Gasteiger charge is 2.02. The van der Waals surface area contributed by atoms with Gasteiger partial charge in [0.1, 0.15) is 0 Å². The van der Waals surface area contributed by atoms with Crippen LogP contribution in [0.1, 0.15) is 110 Å². The summed E-state index contributed by atoms with van der Waals surface area (Å²) < 4.78 is 0.